The van der Waals surface area contributed by atoms with E-state index >= 15 is 0 Å². The molecule has 5 nitrogen and oxygen atoms in total. The molecule has 0 aliphatic rings. The van der Waals surface area contributed by atoms with E-state index in [4.69, 9.17) is 23.2 Å². The van der Waals surface area contributed by atoms with Gasteiger partial charge in [-0.2, -0.15) is 16.3 Å². The minimum absolute atomic E-state index is 0.00178. The third-order valence-electron chi connectivity index (χ3n) is 2.01. The van der Waals surface area contributed by atoms with E-state index in [1.807, 2.05) is 16.8 Å². The smallest absolute Gasteiger partial charge is 0.245 e. The monoisotopic (exact) mass is 290 g/mol. The van der Waals surface area contributed by atoms with Crippen molar-refractivity contribution in [2.24, 2.45) is 0 Å². The summed E-state index contributed by atoms with van der Waals surface area (Å²) in [6.07, 6.45) is -0.633. The molecule has 0 fully saturated rings. The predicted octanol–water partition coefficient (Wildman–Crippen LogP) is 2.39. The first-order valence-corrected chi connectivity index (χ1v) is 6.36. The zero-order chi connectivity index (χ0) is 12.3. The summed E-state index contributed by atoms with van der Waals surface area (Å²) in [5.74, 6) is 0.306. The van der Waals surface area contributed by atoms with Crippen LogP contribution in [0.25, 0.3) is 0 Å². The zero-order valence-electron chi connectivity index (χ0n) is 8.47. The van der Waals surface area contributed by atoms with E-state index in [2.05, 4.69) is 20.5 Å². The Bertz CT molecular complexity index is 494. The summed E-state index contributed by atoms with van der Waals surface area (Å²) in [4.78, 5) is 3.87. The van der Waals surface area contributed by atoms with Gasteiger partial charge in [0, 0.05) is 6.54 Å². The maximum atomic E-state index is 9.84. The van der Waals surface area contributed by atoms with Crippen LogP contribution in [0.4, 0.5) is 5.82 Å². The molecule has 0 aliphatic heterocycles. The van der Waals surface area contributed by atoms with Crippen LogP contribution >= 0.6 is 34.5 Å². The Hall–Kier alpha value is -0.950. The van der Waals surface area contributed by atoms with E-state index in [9.17, 15) is 5.11 Å². The number of hydrogen-bond acceptors (Lipinski definition) is 6. The van der Waals surface area contributed by atoms with Crippen molar-refractivity contribution < 1.29 is 5.11 Å². The summed E-state index contributed by atoms with van der Waals surface area (Å²) in [7, 11) is 0. The van der Waals surface area contributed by atoms with Crippen LogP contribution in [0, 0.1) is 0 Å². The van der Waals surface area contributed by atoms with E-state index in [0.717, 1.165) is 5.56 Å². The molecule has 0 radical (unpaired) electrons. The van der Waals surface area contributed by atoms with Crippen molar-refractivity contribution in [2.75, 3.05) is 11.9 Å². The van der Waals surface area contributed by atoms with Crippen LogP contribution in [0.2, 0.25) is 10.4 Å². The van der Waals surface area contributed by atoms with E-state index in [1.54, 1.807) is 0 Å². The molecule has 0 amide bonds. The molecule has 0 bridgehead atoms. The highest BCUT2D eigenvalue weighted by atomic mass is 35.5. The lowest BCUT2D eigenvalue weighted by molar-refractivity contribution is 0.192. The lowest BCUT2D eigenvalue weighted by atomic mass is 10.2. The molecular formula is C9H8Cl2N4OS. The van der Waals surface area contributed by atoms with Crippen molar-refractivity contribution in [3.05, 3.63) is 32.8 Å². The van der Waals surface area contributed by atoms with Gasteiger partial charge in [-0.05, 0) is 34.0 Å². The number of anilines is 1. The Morgan fingerprint density at radius 3 is 2.94 bits per heavy atom. The molecule has 0 saturated heterocycles. The highest BCUT2D eigenvalue weighted by Gasteiger charge is 2.10. The fourth-order valence-corrected chi connectivity index (χ4v) is 2.16. The predicted molar refractivity (Wildman–Crippen MR) is 67.6 cm³/mol. The molecule has 0 saturated carbocycles. The van der Waals surface area contributed by atoms with E-state index in [1.165, 1.54) is 11.3 Å². The van der Waals surface area contributed by atoms with Gasteiger partial charge in [0.15, 0.2) is 11.0 Å². The highest BCUT2D eigenvalue weighted by molar-refractivity contribution is 7.07. The van der Waals surface area contributed by atoms with E-state index in [-0.39, 0.29) is 17.0 Å². The van der Waals surface area contributed by atoms with Crippen LogP contribution in [-0.4, -0.2) is 26.8 Å². The lowest BCUT2D eigenvalue weighted by Crippen LogP contribution is -2.13. The second-order valence-electron chi connectivity index (χ2n) is 3.17. The minimum Gasteiger partial charge on any atom is -0.387 e. The molecule has 2 rings (SSSR count). The van der Waals surface area contributed by atoms with Crippen molar-refractivity contribution in [3.8, 4) is 0 Å². The normalized spacial score (nSPS) is 12.4. The molecule has 1 atom stereocenters. The van der Waals surface area contributed by atoms with Crippen LogP contribution in [-0.2, 0) is 0 Å². The SMILES string of the molecule is OC(CNc1nc(Cl)nnc1Cl)c1ccsc1. The van der Waals surface area contributed by atoms with Crippen molar-refractivity contribution in [3.63, 3.8) is 0 Å². The first-order chi connectivity index (χ1) is 8.16. The fraction of sp³-hybridized carbons (Fsp3) is 0.222. The third-order valence-corrected chi connectivity index (χ3v) is 3.13. The van der Waals surface area contributed by atoms with Gasteiger partial charge in [0.25, 0.3) is 0 Å². The molecule has 8 heteroatoms. The number of hydrogen-bond donors (Lipinski definition) is 2. The highest BCUT2D eigenvalue weighted by Crippen LogP contribution is 2.20. The summed E-state index contributed by atoms with van der Waals surface area (Å²) >= 11 is 12.9. The number of thiophene rings is 1. The van der Waals surface area contributed by atoms with Crippen LogP contribution < -0.4 is 5.32 Å². The maximum Gasteiger partial charge on any atom is 0.245 e. The van der Waals surface area contributed by atoms with Crippen molar-refractivity contribution in [2.45, 2.75) is 6.10 Å². The van der Waals surface area contributed by atoms with Crippen LogP contribution in [0.5, 0.6) is 0 Å². The maximum absolute atomic E-state index is 9.84. The minimum atomic E-state index is -0.633. The van der Waals surface area contributed by atoms with Crippen LogP contribution in [0.3, 0.4) is 0 Å². The van der Waals surface area contributed by atoms with Crippen molar-refractivity contribution >= 4 is 40.4 Å². The van der Waals surface area contributed by atoms with Gasteiger partial charge in [-0.15, -0.1) is 10.2 Å². The van der Waals surface area contributed by atoms with Crippen LogP contribution in [0.15, 0.2) is 16.8 Å². The standard InChI is InChI=1S/C9H8Cl2N4OS/c10-7-8(13-9(11)15-14-7)12-3-6(16)5-1-2-17-4-5/h1-2,4,6,16H,3H2,(H,12,13,15). The molecule has 90 valence electrons. The molecule has 0 aromatic carbocycles. The Kier molecular flexibility index (Phi) is 4.11. The van der Waals surface area contributed by atoms with Gasteiger partial charge in [-0.3, -0.25) is 0 Å². The number of aliphatic hydroxyl groups is 1. The molecule has 0 aliphatic carbocycles. The summed E-state index contributed by atoms with van der Waals surface area (Å²) in [6.45, 7) is 0.269. The lowest BCUT2D eigenvalue weighted by Gasteiger charge is -2.11. The van der Waals surface area contributed by atoms with Gasteiger partial charge >= 0.3 is 0 Å². The van der Waals surface area contributed by atoms with Crippen LogP contribution in [0.1, 0.15) is 11.7 Å². The Balaban J connectivity index is 2.00. The zero-order valence-corrected chi connectivity index (χ0v) is 10.8. The largest absolute Gasteiger partial charge is 0.387 e. The molecule has 2 heterocycles. The van der Waals surface area contributed by atoms with Gasteiger partial charge in [-0.1, -0.05) is 11.6 Å². The number of rotatable bonds is 4. The van der Waals surface area contributed by atoms with Gasteiger partial charge < -0.3 is 10.4 Å². The third kappa shape index (κ3) is 3.26. The first kappa shape index (κ1) is 12.5. The molecule has 0 spiro atoms. The molecule has 1 unspecified atom stereocenters. The van der Waals surface area contributed by atoms with Gasteiger partial charge in [-0.25, -0.2) is 0 Å². The Morgan fingerprint density at radius 1 is 1.41 bits per heavy atom. The van der Waals surface area contributed by atoms with Gasteiger partial charge in [0.2, 0.25) is 5.28 Å². The number of halogens is 2. The number of nitrogens with zero attached hydrogens (tertiary/aromatic N) is 3. The molecular weight excluding hydrogens is 283 g/mol. The number of aliphatic hydroxyl groups excluding tert-OH is 1. The van der Waals surface area contributed by atoms with Gasteiger partial charge in [0.05, 0.1) is 6.10 Å². The Morgan fingerprint density at radius 2 is 2.24 bits per heavy atom. The topological polar surface area (TPSA) is 70.9 Å². The second kappa shape index (κ2) is 5.59. The van der Waals surface area contributed by atoms with Crippen molar-refractivity contribution in [1.82, 2.24) is 15.2 Å². The Labute approximate surface area is 111 Å². The average molecular weight is 291 g/mol. The summed E-state index contributed by atoms with van der Waals surface area (Å²) in [5, 5.41) is 23.7. The first-order valence-electron chi connectivity index (χ1n) is 4.66. The number of aromatic nitrogens is 3. The average Bonchev–Trinajstić information content (AvgIpc) is 2.83. The number of nitrogens with one attached hydrogen (secondary N) is 1. The summed E-state index contributed by atoms with van der Waals surface area (Å²) in [6, 6.07) is 1.85. The second-order valence-corrected chi connectivity index (χ2v) is 4.65. The molecule has 2 aromatic rings. The fourth-order valence-electron chi connectivity index (χ4n) is 1.18. The van der Waals surface area contributed by atoms with E-state index in [0.29, 0.717) is 5.82 Å². The van der Waals surface area contributed by atoms with Crippen molar-refractivity contribution in [1.29, 1.82) is 0 Å². The molecule has 2 N–H and O–H groups in total. The van der Waals surface area contributed by atoms with Gasteiger partial charge in [0.1, 0.15) is 0 Å². The summed E-state index contributed by atoms with van der Waals surface area (Å²) < 4.78 is 0. The quantitative estimate of drug-likeness (QED) is 0.905. The molecule has 17 heavy (non-hydrogen) atoms. The van der Waals surface area contributed by atoms with E-state index < -0.39 is 6.10 Å². The summed E-state index contributed by atoms with van der Waals surface area (Å²) in [5.41, 5.74) is 0.840. The molecule has 2 aromatic heterocycles.